The lowest BCUT2D eigenvalue weighted by molar-refractivity contribution is -0.139. The molecule has 0 aliphatic carbocycles. The summed E-state index contributed by atoms with van der Waals surface area (Å²) in [6.45, 7) is 7.32. The highest BCUT2D eigenvalue weighted by atomic mass is 16.2. The average molecular weight is 311 g/mol. The zero-order valence-corrected chi connectivity index (χ0v) is 14.7. The van der Waals surface area contributed by atoms with Crippen LogP contribution in [0.25, 0.3) is 0 Å². The van der Waals surface area contributed by atoms with Gasteiger partial charge >= 0.3 is 0 Å². The molecule has 5 nitrogen and oxygen atoms in total. The number of likely N-dealkylation sites (tertiary alicyclic amines) is 1. The normalized spacial score (nSPS) is 16.4. The van der Waals surface area contributed by atoms with Crippen LogP contribution in [0.3, 0.4) is 0 Å². The van der Waals surface area contributed by atoms with E-state index in [1.807, 2.05) is 19.0 Å². The lowest BCUT2D eigenvalue weighted by Gasteiger charge is -2.33. The minimum absolute atomic E-state index is 0.0742. The van der Waals surface area contributed by atoms with Gasteiger partial charge in [0.1, 0.15) is 0 Å². The number of rotatable bonds is 8. The summed E-state index contributed by atoms with van der Waals surface area (Å²) in [4.78, 5) is 28.5. The minimum Gasteiger partial charge on any atom is -0.356 e. The monoisotopic (exact) mass is 311 g/mol. The summed E-state index contributed by atoms with van der Waals surface area (Å²) in [5, 5.41) is 3.03. The van der Waals surface area contributed by atoms with Crippen LogP contribution in [0.2, 0.25) is 0 Å². The summed E-state index contributed by atoms with van der Waals surface area (Å²) in [7, 11) is 4.07. The van der Waals surface area contributed by atoms with Crippen molar-refractivity contribution in [3.8, 4) is 0 Å². The van der Waals surface area contributed by atoms with Crippen LogP contribution < -0.4 is 5.32 Å². The Hall–Kier alpha value is -1.10. The number of amides is 2. The number of nitrogens with one attached hydrogen (secondary N) is 1. The van der Waals surface area contributed by atoms with Crippen molar-refractivity contribution in [3.63, 3.8) is 0 Å². The van der Waals surface area contributed by atoms with Crippen molar-refractivity contribution in [2.24, 2.45) is 11.8 Å². The van der Waals surface area contributed by atoms with E-state index in [4.69, 9.17) is 0 Å². The van der Waals surface area contributed by atoms with Gasteiger partial charge in [-0.1, -0.05) is 13.8 Å². The Morgan fingerprint density at radius 2 is 1.77 bits per heavy atom. The molecule has 1 rings (SSSR count). The van der Waals surface area contributed by atoms with Crippen molar-refractivity contribution in [3.05, 3.63) is 0 Å². The van der Waals surface area contributed by atoms with E-state index >= 15 is 0 Å². The number of piperidine rings is 1. The second-order valence-corrected chi connectivity index (χ2v) is 6.56. The number of carbonyl (C=O) groups is 2. The molecular formula is C17H33N3O2. The largest absolute Gasteiger partial charge is 0.356 e. The summed E-state index contributed by atoms with van der Waals surface area (Å²) in [6, 6.07) is 0. The summed E-state index contributed by atoms with van der Waals surface area (Å²) < 4.78 is 0. The van der Waals surface area contributed by atoms with Crippen LogP contribution in [-0.2, 0) is 9.59 Å². The molecule has 1 aliphatic rings. The Morgan fingerprint density at radius 3 is 2.27 bits per heavy atom. The van der Waals surface area contributed by atoms with Crippen LogP contribution in [0.5, 0.6) is 0 Å². The molecule has 1 aliphatic heterocycles. The standard InChI is InChI=1S/C17H33N3O2/c1-5-14(6-2)17(22)20-12-8-15(9-13-20)16(21)18-10-7-11-19(3)4/h14-15H,5-13H2,1-4H3,(H,18,21). The molecule has 0 saturated carbocycles. The van der Waals surface area contributed by atoms with Crippen LogP contribution in [0.15, 0.2) is 0 Å². The van der Waals surface area contributed by atoms with E-state index in [1.165, 1.54) is 0 Å². The van der Waals surface area contributed by atoms with Gasteiger partial charge in [-0.25, -0.2) is 0 Å². The van der Waals surface area contributed by atoms with Crippen molar-refractivity contribution >= 4 is 11.8 Å². The molecule has 1 heterocycles. The molecule has 1 saturated heterocycles. The van der Waals surface area contributed by atoms with Gasteiger partial charge in [-0.3, -0.25) is 9.59 Å². The Labute approximate surface area is 135 Å². The molecule has 22 heavy (non-hydrogen) atoms. The van der Waals surface area contributed by atoms with E-state index in [0.29, 0.717) is 0 Å². The molecule has 0 bridgehead atoms. The van der Waals surface area contributed by atoms with Crippen molar-refractivity contribution < 1.29 is 9.59 Å². The summed E-state index contributed by atoms with van der Waals surface area (Å²) in [5.41, 5.74) is 0. The summed E-state index contributed by atoms with van der Waals surface area (Å²) >= 11 is 0. The van der Waals surface area contributed by atoms with Crippen molar-refractivity contribution in [2.45, 2.75) is 46.0 Å². The Kier molecular flexibility index (Phi) is 8.46. The third-order valence-corrected chi connectivity index (χ3v) is 4.59. The molecular weight excluding hydrogens is 278 g/mol. The molecule has 0 radical (unpaired) electrons. The quantitative estimate of drug-likeness (QED) is 0.695. The fourth-order valence-corrected chi connectivity index (χ4v) is 3.01. The Balaban J connectivity index is 2.29. The predicted molar refractivity (Wildman–Crippen MR) is 89.6 cm³/mol. The van der Waals surface area contributed by atoms with Gasteiger partial charge in [-0.05, 0) is 52.7 Å². The molecule has 0 aromatic heterocycles. The first kappa shape index (κ1) is 18.9. The van der Waals surface area contributed by atoms with Crippen molar-refractivity contribution in [2.75, 3.05) is 40.3 Å². The maximum atomic E-state index is 12.3. The van der Waals surface area contributed by atoms with Gasteiger partial charge in [-0.15, -0.1) is 0 Å². The lowest BCUT2D eigenvalue weighted by atomic mass is 9.93. The predicted octanol–water partition coefficient (Wildman–Crippen LogP) is 1.73. The molecule has 0 aromatic rings. The van der Waals surface area contributed by atoms with E-state index in [1.54, 1.807) is 0 Å². The van der Waals surface area contributed by atoms with E-state index in [-0.39, 0.29) is 23.7 Å². The van der Waals surface area contributed by atoms with Crippen molar-refractivity contribution in [1.82, 2.24) is 15.1 Å². The van der Waals surface area contributed by atoms with E-state index in [2.05, 4.69) is 24.1 Å². The summed E-state index contributed by atoms with van der Waals surface area (Å²) in [6.07, 6.45) is 4.38. The zero-order valence-electron chi connectivity index (χ0n) is 14.7. The van der Waals surface area contributed by atoms with Crippen molar-refractivity contribution in [1.29, 1.82) is 0 Å². The Bertz CT molecular complexity index is 346. The molecule has 1 N–H and O–H groups in total. The van der Waals surface area contributed by atoms with Gasteiger partial charge in [0.15, 0.2) is 0 Å². The van der Waals surface area contributed by atoms with Crippen LogP contribution in [-0.4, -0.2) is 61.9 Å². The third kappa shape index (κ3) is 5.95. The highest BCUT2D eigenvalue weighted by molar-refractivity contribution is 5.81. The molecule has 1 fully saturated rings. The minimum atomic E-state index is 0.0742. The van der Waals surface area contributed by atoms with Crippen LogP contribution in [0.4, 0.5) is 0 Å². The van der Waals surface area contributed by atoms with Crippen LogP contribution in [0, 0.1) is 11.8 Å². The van der Waals surface area contributed by atoms with E-state index in [9.17, 15) is 9.59 Å². The molecule has 2 amide bonds. The zero-order chi connectivity index (χ0) is 16.5. The number of carbonyl (C=O) groups excluding carboxylic acids is 2. The first-order valence-corrected chi connectivity index (χ1v) is 8.70. The second-order valence-electron chi connectivity index (χ2n) is 6.56. The van der Waals surface area contributed by atoms with Crippen LogP contribution >= 0.6 is 0 Å². The maximum Gasteiger partial charge on any atom is 0.225 e. The first-order valence-electron chi connectivity index (χ1n) is 8.70. The average Bonchev–Trinajstić information content (AvgIpc) is 2.52. The molecule has 0 aromatic carbocycles. The van der Waals surface area contributed by atoms with Gasteiger partial charge in [0.05, 0.1) is 0 Å². The molecule has 0 atom stereocenters. The topological polar surface area (TPSA) is 52.7 Å². The highest BCUT2D eigenvalue weighted by Gasteiger charge is 2.29. The third-order valence-electron chi connectivity index (χ3n) is 4.59. The second kappa shape index (κ2) is 9.82. The highest BCUT2D eigenvalue weighted by Crippen LogP contribution is 2.21. The lowest BCUT2D eigenvalue weighted by Crippen LogP contribution is -2.45. The van der Waals surface area contributed by atoms with Gasteiger partial charge in [0.25, 0.3) is 0 Å². The molecule has 0 unspecified atom stereocenters. The fourth-order valence-electron chi connectivity index (χ4n) is 3.01. The molecule has 128 valence electrons. The fraction of sp³-hybridized carbons (Fsp3) is 0.882. The van der Waals surface area contributed by atoms with Crippen LogP contribution in [0.1, 0.15) is 46.0 Å². The van der Waals surface area contributed by atoms with Gasteiger partial charge in [0, 0.05) is 31.5 Å². The van der Waals surface area contributed by atoms with Gasteiger partial charge < -0.3 is 15.1 Å². The first-order chi connectivity index (χ1) is 10.5. The van der Waals surface area contributed by atoms with E-state index < -0.39 is 0 Å². The molecule has 0 spiro atoms. The number of hydrogen-bond donors (Lipinski definition) is 1. The molecule has 5 heteroatoms. The Morgan fingerprint density at radius 1 is 1.18 bits per heavy atom. The maximum absolute atomic E-state index is 12.3. The van der Waals surface area contributed by atoms with Gasteiger partial charge in [0.2, 0.25) is 11.8 Å². The number of hydrogen-bond acceptors (Lipinski definition) is 3. The smallest absolute Gasteiger partial charge is 0.225 e. The SMILES string of the molecule is CCC(CC)C(=O)N1CCC(C(=O)NCCCN(C)C)CC1. The van der Waals surface area contributed by atoms with Gasteiger partial charge in [-0.2, -0.15) is 0 Å². The van der Waals surface area contributed by atoms with E-state index in [0.717, 1.165) is 58.3 Å². The summed E-state index contributed by atoms with van der Waals surface area (Å²) in [5.74, 6) is 0.657. The number of nitrogens with zero attached hydrogens (tertiary/aromatic N) is 2.